The van der Waals surface area contributed by atoms with Crippen LogP contribution >= 0.6 is 11.6 Å². The number of carbonyl (C=O) groups is 1. The largest absolute Gasteiger partial charge is 0.412 e. The Morgan fingerprint density at radius 2 is 1.85 bits per heavy atom. The van der Waals surface area contributed by atoms with Crippen LogP contribution < -0.4 is 11.1 Å². The van der Waals surface area contributed by atoms with Gasteiger partial charge in [0.15, 0.2) is 0 Å². The van der Waals surface area contributed by atoms with E-state index in [0.29, 0.717) is 24.3 Å². The summed E-state index contributed by atoms with van der Waals surface area (Å²) in [7, 11) is 0. The van der Waals surface area contributed by atoms with Crippen molar-refractivity contribution in [3.8, 4) is 0 Å². The second-order valence-electron chi connectivity index (χ2n) is 14.2. The number of alkyl halides is 1. The zero-order valence-corrected chi connectivity index (χ0v) is 24.6. The molecular formula is C31H56ClN3O4. The van der Waals surface area contributed by atoms with Crippen LogP contribution in [0.25, 0.3) is 0 Å². The van der Waals surface area contributed by atoms with Crippen LogP contribution in [0.15, 0.2) is 23.8 Å². The smallest absolute Gasteiger partial charge is 0.239 e. The lowest BCUT2D eigenvalue weighted by Gasteiger charge is -2.62. The third-order valence-electron chi connectivity index (χ3n) is 10.4. The van der Waals surface area contributed by atoms with Crippen LogP contribution in [0, 0.1) is 34.5 Å². The van der Waals surface area contributed by atoms with Crippen LogP contribution in [0.3, 0.4) is 0 Å². The van der Waals surface area contributed by atoms with Crippen molar-refractivity contribution in [3.05, 3.63) is 23.8 Å². The summed E-state index contributed by atoms with van der Waals surface area (Å²) >= 11 is 6.25. The summed E-state index contributed by atoms with van der Waals surface area (Å²) < 4.78 is 0. The average molecular weight is 570 g/mol. The predicted octanol–water partition coefficient (Wildman–Crippen LogP) is 3.61. The van der Waals surface area contributed by atoms with E-state index in [1.165, 1.54) is 12.0 Å². The van der Waals surface area contributed by atoms with E-state index in [1.54, 1.807) is 0 Å². The van der Waals surface area contributed by atoms with E-state index < -0.39 is 5.60 Å². The number of carbonyl (C=O) groups excluding carboxylic acids is 1. The number of nitrogens with one attached hydrogen (secondary N) is 1. The van der Waals surface area contributed by atoms with Gasteiger partial charge in [0.25, 0.3) is 0 Å². The van der Waals surface area contributed by atoms with Crippen LogP contribution in [0.1, 0.15) is 86.5 Å². The van der Waals surface area contributed by atoms with E-state index >= 15 is 0 Å². The number of rotatable bonds is 7. The molecule has 6 atom stereocenters. The number of piperidine rings is 1. The molecule has 6 aliphatic rings. The van der Waals surface area contributed by atoms with Gasteiger partial charge in [-0.15, -0.1) is 11.6 Å². The first-order valence-corrected chi connectivity index (χ1v) is 14.9. The van der Waals surface area contributed by atoms with Gasteiger partial charge in [-0.25, -0.2) is 0 Å². The van der Waals surface area contributed by atoms with E-state index in [-0.39, 0.29) is 58.5 Å². The minimum Gasteiger partial charge on any atom is -0.412 e. The molecule has 0 radical (unpaired) electrons. The van der Waals surface area contributed by atoms with Gasteiger partial charge in [-0.1, -0.05) is 53.3 Å². The third kappa shape index (κ3) is 6.76. The summed E-state index contributed by atoms with van der Waals surface area (Å²) in [6.07, 6.45) is 14.8. The van der Waals surface area contributed by atoms with Gasteiger partial charge in [-0.2, -0.15) is 0 Å². The number of hydrogen-bond acceptors (Lipinski definition) is 4. The molecule has 4 unspecified atom stereocenters. The zero-order valence-electron chi connectivity index (χ0n) is 23.8. The standard InChI is InChI=1S/C30H48ClN3O2.CH4.2H2O/c1-19(2)26(33-16-25(32)29-12-20-11-21(13-29)15-30(36,14-20)17-29)27(35)34-10-9-24(28(3,4)18-34)22-5-7-23(31)8-6-22;;;/h5-7,19-21,23-26,33,36H,8-18,32H2,1-4H3;1H4;2*1H2/t20?,21?,23?,24?,25-,26-,29?,30?;;;/m1.../s1. The summed E-state index contributed by atoms with van der Waals surface area (Å²) in [6, 6.07) is -0.256. The van der Waals surface area contributed by atoms with E-state index in [0.717, 1.165) is 58.0 Å². The van der Waals surface area contributed by atoms with Crippen molar-refractivity contribution in [2.45, 2.75) is 110 Å². The van der Waals surface area contributed by atoms with Gasteiger partial charge in [0.2, 0.25) is 5.91 Å². The van der Waals surface area contributed by atoms with Crippen molar-refractivity contribution in [1.29, 1.82) is 0 Å². The first kappa shape index (κ1) is 34.2. The monoisotopic (exact) mass is 569 g/mol. The van der Waals surface area contributed by atoms with Crippen molar-refractivity contribution in [1.82, 2.24) is 10.2 Å². The number of nitrogens with two attached hydrogens (primary N) is 1. The zero-order chi connectivity index (χ0) is 25.9. The molecule has 7 nitrogen and oxygen atoms in total. The SMILES string of the molecule is C.CC(C)[C@@H](NC[C@@H](N)C12CC3CC(CC(O)(C3)C1)C2)C(=O)N1CCC(C2=CCC(Cl)C=C2)C(C)(C)C1.O.O. The molecule has 1 heterocycles. The lowest BCUT2D eigenvalue weighted by atomic mass is 9.46. The average Bonchev–Trinajstić information content (AvgIpc) is 2.77. The second-order valence-corrected chi connectivity index (χ2v) is 14.7. The molecule has 4 saturated carbocycles. The number of aliphatic hydroxyl groups is 1. The molecule has 4 bridgehead atoms. The molecule has 226 valence electrons. The molecule has 1 saturated heterocycles. The lowest BCUT2D eigenvalue weighted by Crippen LogP contribution is -2.64. The molecule has 8 heteroatoms. The van der Waals surface area contributed by atoms with Crippen molar-refractivity contribution in [2.75, 3.05) is 19.6 Å². The third-order valence-corrected chi connectivity index (χ3v) is 10.7. The van der Waals surface area contributed by atoms with E-state index in [4.69, 9.17) is 17.3 Å². The summed E-state index contributed by atoms with van der Waals surface area (Å²) in [6.45, 7) is 11.1. The van der Waals surface area contributed by atoms with Crippen molar-refractivity contribution in [3.63, 3.8) is 0 Å². The molecule has 5 aliphatic carbocycles. The minimum atomic E-state index is -0.501. The highest BCUT2D eigenvalue weighted by Crippen LogP contribution is 2.62. The lowest BCUT2D eigenvalue weighted by molar-refractivity contribution is -0.170. The Morgan fingerprint density at radius 3 is 2.36 bits per heavy atom. The highest BCUT2D eigenvalue weighted by molar-refractivity contribution is 6.22. The minimum absolute atomic E-state index is 0. The number of halogens is 1. The predicted molar refractivity (Wildman–Crippen MR) is 161 cm³/mol. The summed E-state index contributed by atoms with van der Waals surface area (Å²) in [5.74, 6) is 2.09. The normalized spacial score (nSPS) is 37.7. The van der Waals surface area contributed by atoms with E-state index in [1.807, 2.05) is 0 Å². The second kappa shape index (κ2) is 12.5. The van der Waals surface area contributed by atoms with Gasteiger partial charge >= 0.3 is 0 Å². The summed E-state index contributed by atoms with van der Waals surface area (Å²) in [5.41, 5.74) is 7.81. The quantitative estimate of drug-likeness (QED) is 0.402. The Kier molecular flexibility index (Phi) is 11.0. The van der Waals surface area contributed by atoms with Gasteiger partial charge in [0, 0.05) is 25.7 Å². The van der Waals surface area contributed by atoms with Gasteiger partial charge in [0.05, 0.1) is 17.0 Å². The van der Waals surface area contributed by atoms with Crippen molar-refractivity contribution >= 4 is 17.5 Å². The molecule has 8 N–H and O–H groups in total. The molecule has 1 aliphatic heterocycles. The topological polar surface area (TPSA) is 142 Å². The fraction of sp³-hybridized carbons (Fsp3) is 0.839. The van der Waals surface area contributed by atoms with E-state index in [2.05, 4.69) is 56.1 Å². The van der Waals surface area contributed by atoms with Crippen LogP contribution in [-0.2, 0) is 4.79 Å². The highest BCUT2D eigenvalue weighted by atomic mass is 35.5. The van der Waals surface area contributed by atoms with Crippen LogP contribution in [0.2, 0.25) is 0 Å². The maximum atomic E-state index is 13.8. The Morgan fingerprint density at radius 1 is 1.21 bits per heavy atom. The number of allylic oxidation sites excluding steroid dienone is 4. The maximum Gasteiger partial charge on any atom is 0.239 e. The first-order chi connectivity index (χ1) is 16.9. The maximum absolute atomic E-state index is 13.8. The highest BCUT2D eigenvalue weighted by Gasteiger charge is 2.59. The molecule has 39 heavy (non-hydrogen) atoms. The summed E-state index contributed by atoms with van der Waals surface area (Å²) in [4.78, 5) is 15.9. The number of likely N-dealkylation sites (tertiary alicyclic amines) is 1. The molecule has 0 aromatic heterocycles. The number of nitrogens with zero attached hydrogens (tertiary/aromatic N) is 1. The Balaban J connectivity index is 0.00000178. The number of hydrogen-bond donors (Lipinski definition) is 3. The molecule has 0 aromatic rings. The van der Waals surface area contributed by atoms with Gasteiger partial charge in [-0.3, -0.25) is 4.79 Å². The summed E-state index contributed by atoms with van der Waals surface area (Å²) in [5, 5.41) is 14.9. The molecule has 0 aromatic carbocycles. The first-order valence-electron chi connectivity index (χ1n) is 14.4. The Bertz CT molecular complexity index is 906. The fourth-order valence-corrected chi connectivity index (χ4v) is 9.19. The molecule has 5 fully saturated rings. The van der Waals surface area contributed by atoms with Crippen molar-refractivity contribution in [2.24, 2.45) is 40.2 Å². The molecule has 1 amide bonds. The van der Waals surface area contributed by atoms with E-state index in [9.17, 15) is 9.90 Å². The number of amides is 1. The molecular weight excluding hydrogens is 514 g/mol. The molecule has 0 spiro atoms. The van der Waals surface area contributed by atoms with Crippen LogP contribution in [-0.4, -0.2) is 69.6 Å². The van der Waals surface area contributed by atoms with Crippen LogP contribution in [0.5, 0.6) is 0 Å². The Labute approximate surface area is 241 Å². The van der Waals surface area contributed by atoms with Crippen molar-refractivity contribution < 1.29 is 20.9 Å². The van der Waals surface area contributed by atoms with Gasteiger partial charge < -0.3 is 32.0 Å². The Hall–Kier alpha value is -0.960. The fourth-order valence-electron chi connectivity index (χ4n) is 9.03. The van der Waals surface area contributed by atoms with Crippen LogP contribution in [0.4, 0.5) is 0 Å². The van der Waals surface area contributed by atoms with Gasteiger partial charge in [0.1, 0.15) is 0 Å². The van der Waals surface area contributed by atoms with Gasteiger partial charge in [-0.05, 0) is 91.4 Å². The molecule has 6 rings (SSSR count).